The van der Waals surface area contributed by atoms with E-state index >= 15 is 0 Å². The van der Waals surface area contributed by atoms with Crippen molar-refractivity contribution in [3.05, 3.63) is 29.8 Å². The molecule has 0 bridgehead atoms. The molecule has 2 N–H and O–H groups in total. The van der Waals surface area contributed by atoms with Gasteiger partial charge in [-0.2, -0.15) is 0 Å². The largest absolute Gasteiger partial charge is 0.345 e. The second kappa shape index (κ2) is 7.16. The molecule has 2 amide bonds. The van der Waals surface area contributed by atoms with Gasteiger partial charge in [0.15, 0.2) is 0 Å². The Morgan fingerprint density at radius 3 is 2.35 bits per heavy atom. The molecule has 1 aliphatic carbocycles. The van der Waals surface area contributed by atoms with Gasteiger partial charge in [-0.05, 0) is 35.8 Å². The molecule has 1 aromatic rings. The molecule has 1 saturated carbocycles. The van der Waals surface area contributed by atoms with Crippen LogP contribution in [0.2, 0.25) is 0 Å². The van der Waals surface area contributed by atoms with Crippen LogP contribution in [0.25, 0.3) is 0 Å². The van der Waals surface area contributed by atoms with Gasteiger partial charge in [-0.1, -0.05) is 58.7 Å². The third kappa shape index (κ3) is 4.57. The Balaban J connectivity index is 2.03. The molecule has 23 heavy (non-hydrogen) atoms. The van der Waals surface area contributed by atoms with Crippen LogP contribution in [-0.2, 0) is 15.0 Å². The smallest absolute Gasteiger partial charge is 0.313 e. The fourth-order valence-corrected chi connectivity index (χ4v) is 3.19. The molecule has 2 rings (SSSR count). The van der Waals surface area contributed by atoms with E-state index in [1.807, 2.05) is 24.3 Å². The summed E-state index contributed by atoms with van der Waals surface area (Å²) in [5, 5.41) is 5.67. The molecule has 0 aromatic heterocycles. The number of hydrogen-bond donors (Lipinski definition) is 2. The van der Waals surface area contributed by atoms with Crippen LogP contribution >= 0.6 is 0 Å². The topological polar surface area (TPSA) is 58.2 Å². The van der Waals surface area contributed by atoms with Crippen LogP contribution in [0.1, 0.15) is 58.9 Å². The van der Waals surface area contributed by atoms with E-state index in [9.17, 15) is 9.59 Å². The molecule has 126 valence electrons. The standard InChI is InChI=1S/C19H28N2O2/c1-13-9-5-7-11-15(13)20-17(22)18(23)21-16-12-8-6-10-14(16)19(2,3)4/h6,8,10,12-13,15H,5,7,9,11H2,1-4H3,(H,20,22)(H,21,23)/t13-,15-/m0/s1. The molecule has 1 aromatic carbocycles. The minimum atomic E-state index is -0.584. The summed E-state index contributed by atoms with van der Waals surface area (Å²) in [6.07, 6.45) is 4.39. The molecule has 4 nitrogen and oxygen atoms in total. The average molecular weight is 316 g/mol. The van der Waals surface area contributed by atoms with E-state index in [0.717, 1.165) is 24.8 Å². The Morgan fingerprint density at radius 1 is 1.04 bits per heavy atom. The van der Waals surface area contributed by atoms with E-state index in [-0.39, 0.29) is 11.5 Å². The summed E-state index contributed by atoms with van der Waals surface area (Å²) in [6, 6.07) is 7.75. The average Bonchev–Trinajstić information content (AvgIpc) is 2.49. The number of rotatable bonds is 2. The molecule has 0 heterocycles. The Hall–Kier alpha value is -1.84. The van der Waals surface area contributed by atoms with Crippen molar-refractivity contribution in [1.82, 2.24) is 5.32 Å². The molecule has 2 atom stereocenters. The van der Waals surface area contributed by atoms with Crippen LogP contribution in [0.15, 0.2) is 24.3 Å². The number of hydrogen-bond acceptors (Lipinski definition) is 2. The Labute approximate surface area is 139 Å². The zero-order chi connectivity index (χ0) is 17.0. The van der Waals surface area contributed by atoms with E-state index in [0.29, 0.717) is 11.6 Å². The maximum Gasteiger partial charge on any atom is 0.313 e. The molecule has 1 fully saturated rings. The monoisotopic (exact) mass is 316 g/mol. The highest BCUT2D eigenvalue weighted by molar-refractivity contribution is 6.39. The zero-order valence-corrected chi connectivity index (χ0v) is 14.6. The maximum absolute atomic E-state index is 12.2. The lowest BCUT2D eigenvalue weighted by molar-refractivity contribution is -0.137. The van der Waals surface area contributed by atoms with Gasteiger partial charge in [0, 0.05) is 11.7 Å². The molecule has 1 aliphatic rings. The Morgan fingerprint density at radius 2 is 1.70 bits per heavy atom. The molecule has 0 aliphatic heterocycles. The van der Waals surface area contributed by atoms with Crippen molar-refractivity contribution < 1.29 is 9.59 Å². The maximum atomic E-state index is 12.2. The fraction of sp³-hybridized carbons (Fsp3) is 0.579. The van der Waals surface area contributed by atoms with E-state index in [2.05, 4.69) is 38.3 Å². The molecular formula is C19H28N2O2. The van der Waals surface area contributed by atoms with Gasteiger partial charge in [-0.3, -0.25) is 9.59 Å². The van der Waals surface area contributed by atoms with Gasteiger partial charge in [0.05, 0.1) is 0 Å². The fourth-order valence-electron chi connectivity index (χ4n) is 3.19. The number of nitrogens with one attached hydrogen (secondary N) is 2. The minimum Gasteiger partial charge on any atom is -0.345 e. The quantitative estimate of drug-likeness (QED) is 0.819. The first kappa shape index (κ1) is 17.5. The first-order valence-corrected chi connectivity index (χ1v) is 8.50. The second-order valence-electron chi connectivity index (χ2n) is 7.59. The van der Waals surface area contributed by atoms with Crippen LogP contribution in [0.4, 0.5) is 5.69 Å². The third-order valence-electron chi connectivity index (χ3n) is 4.62. The van der Waals surface area contributed by atoms with E-state index in [1.165, 1.54) is 6.42 Å². The first-order chi connectivity index (χ1) is 10.8. The second-order valence-corrected chi connectivity index (χ2v) is 7.59. The number of carbonyl (C=O) groups is 2. The number of para-hydroxylation sites is 1. The summed E-state index contributed by atoms with van der Waals surface area (Å²) in [7, 11) is 0. The lowest BCUT2D eigenvalue weighted by Crippen LogP contribution is -2.45. The Kier molecular flexibility index (Phi) is 5.45. The van der Waals surface area contributed by atoms with Crippen LogP contribution in [-0.4, -0.2) is 17.9 Å². The molecule has 4 heteroatoms. The third-order valence-corrected chi connectivity index (χ3v) is 4.62. The first-order valence-electron chi connectivity index (χ1n) is 8.50. The van der Waals surface area contributed by atoms with Crippen molar-refractivity contribution in [3.8, 4) is 0 Å². The van der Waals surface area contributed by atoms with Crippen LogP contribution in [0.3, 0.4) is 0 Å². The highest BCUT2D eigenvalue weighted by Crippen LogP contribution is 2.29. The van der Waals surface area contributed by atoms with Gasteiger partial charge in [0.2, 0.25) is 0 Å². The van der Waals surface area contributed by atoms with Crippen molar-refractivity contribution in [2.75, 3.05) is 5.32 Å². The van der Waals surface area contributed by atoms with Crippen molar-refractivity contribution >= 4 is 17.5 Å². The molecule has 0 unspecified atom stereocenters. The highest BCUT2D eigenvalue weighted by Gasteiger charge is 2.26. The Bertz CT molecular complexity index is 575. The molecule has 0 saturated heterocycles. The van der Waals surface area contributed by atoms with Crippen LogP contribution < -0.4 is 10.6 Å². The summed E-state index contributed by atoms with van der Waals surface area (Å²) in [5.74, 6) is -0.686. The SMILES string of the molecule is C[C@H]1CCCC[C@@H]1NC(=O)C(=O)Nc1ccccc1C(C)(C)C. The summed E-state index contributed by atoms with van der Waals surface area (Å²) < 4.78 is 0. The summed E-state index contributed by atoms with van der Waals surface area (Å²) in [5.41, 5.74) is 1.63. The number of amides is 2. The molecule has 0 spiro atoms. The highest BCUT2D eigenvalue weighted by atomic mass is 16.2. The van der Waals surface area contributed by atoms with Crippen molar-refractivity contribution in [2.45, 2.75) is 64.8 Å². The lowest BCUT2D eigenvalue weighted by atomic mass is 9.85. The normalized spacial score (nSPS) is 21.6. The molecule has 0 radical (unpaired) electrons. The van der Waals surface area contributed by atoms with Crippen LogP contribution in [0, 0.1) is 5.92 Å². The predicted octanol–water partition coefficient (Wildman–Crippen LogP) is 3.62. The van der Waals surface area contributed by atoms with E-state index in [1.54, 1.807) is 0 Å². The van der Waals surface area contributed by atoms with Gasteiger partial charge >= 0.3 is 11.8 Å². The van der Waals surface area contributed by atoms with Gasteiger partial charge in [-0.15, -0.1) is 0 Å². The summed E-state index contributed by atoms with van der Waals surface area (Å²) in [6.45, 7) is 8.39. The van der Waals surface area contributed by atoms with Gasteiger partial charge in [0.1, 0.15) is 0 Å². The summed E-state index contributed by atoms with van der Waals surface area (Å²) in [4.78, 5) is 24.4. The zero-order valence-electron chi connectivity index (χ0n) is 14.6. The van der Waals surface area contributed by atoms with Gasteiger partial charge < -0.3 is 10.6 Å². The number of benzene rings is 1. The van der Waals surface area contributed by atoms with E-state index in [4.69, 9.17) is 0 Å². The van der Waals surface area contributed by atoms with Crippen LogP contribution in [0.5, 0.6) is 0 Å². The van der Waals surface area contributed by atoms with Crippen molar-refractivity contribution in [1.29, 1.82) is 0 Å². The van der Waals surface area contributed by atoms with Gasteiger partial charge in [0.25, 0.3) is 0 Å². The minimum absolute atomic E-state index is 0.0990. The van der Waals surface area contributed by atoms with Crippen molar-refractivity contribution in [2.24, 2.45) is 5.92 Å². The number of carbonyl (C=O) groups excluding carboxylic acids is 2. The van der Waals surface area contributed by atoms with Crippen molar-refractivity contribution in [3.63, 3.8) is 0 Å². The van der Waals surface area contributed by atoms with E-state index < -0.39 is 11.8 Å². The predicted molar refractivity (Wildman–Crippen MR) is 93.3 cm³/mol. The molecular weight excluding hydrogens is 288 g/mol. The summed E-state index contributed by atoms with van der Waals surface area (Å²) >= 11 is 0. The number of anilines is 1. The van der Waals surface area contributed by atoms with Gasteiger partial charge in [-0.25, -0.2) is 0 Å². The lowest BCUT2D eigenvalue weighted by Gasteiger charge is -2.29.